The summed E-state index contributed by atoms with van der Waals surface area (Å²) in [5, 5.41) is 0. The normalized spacial score (nSPS) is 14.1. The van der Waals surface area contributed by atoms with Crippen LogP contribution in [0.25, 0.3) is 11.6 Å². The van der Waals surface area contributed by atoms with E-state index >= 15 is 0 Å². The summed E-state index contributed by atoms with van der Waals surface area (Å²) < 4.78 is 12.8. The van der Waals surface area contributed by atoms with Crippen LogP contribution < -0.4 is 4.74 Å². The second kappa shape index (κ2) is 10.9. The van der Waals surface area contributed by atoms with Crippen molar-refractivity contribution in [2.75, 3.05) is 25.2 Å². The monoisotopic (exact) mass is 408 g/mol. The summed E-state index contributed by atoms with van der Waals surface area (Å²) in [6, 6.07) is 18.5. The van der Waals surface area contributed by atoms with Crippen LogP contribution in [0.15, 0.2) is 64.6 Å². The molecule has 2 nitrogen and oxygen atoms in total. The first-order valence-corrected chi connectivity index (χ1v) is 11.2. The van der Waals surface area contributed by atoms with Gasteiger partial charge < -0.3 is 9.47 Å². The minimum Gasteiger partial charge on any atom is -0.497 e. The van der Waals surface area contributed by atoms with Crippen molar-refractivity contribution in [3.63, 3.8) is 0 Å². The van der Waals surface area contributed by atoms with E-state index in [4.69, 9.17) is 9.47 Å². The summed E-state index contributed by atoms with van der Waals surface area (Å²) in [4.78, 5) is 0. The van der Waals surface area contributed by atoms with Crippen LogP contribution in [0.4, 0.5) is 0 Å². The van der Waals surface area contributed by atoms with Crippen LogP contribution in [0.1, 0.15) is 24.5 Å². The fourth-order valence-corrected chi connectivity index (χ4v) is 5.32. The van der Waals surface area contributed by atoms with Gasteiger partial charge in [-0.25, -0.2) is 0 Å². The Morgan fingerprint density at radius 1 is 1.04 bits per heavy atom. The number of hydrogen-bond donors (Lipinski definition) is 0. The maximum Gasteiger partial charge on any atom is 0.149 e. The van der Waals surface area contributed by atoms with Crippen molar-refractivity contribution < 1.29 is 9.47 Å². The molecule has 1 fully saturated rings. The van der Waals surface area contributed by atoms with Gasteiger partial charge in [0.15, 0.2) is 0 Å². The molecular weight excluding hydrogens is 384 g/mol. The van der Waals surface area contributed by atoms with Gasteiger partial charge in [-0.05, 0) is 54.2 Å². The summed E-state index contributed by atoms with van der Waals surface area (Å²) in [5.74, 6) is 9.99. The van der Waals surface area contributed by atoms with Crippen LogP contribution in [0, 0.1) is 11.8 Å². The molecule has 0 unspecified atom stereocenters. The lowest BCUT2D eigenvalue weighted by molar-refractivity contribution is 0.272. The molecule has 3 rings (SSSR count). The number of rotatable bonds is 6. The number of thioether (sulfide) groups is 2. The molecule has 4 heteroatoms. The molecule has 0 saturated carbocycles. The molecule has 0 aliphatic carbocycles. The number of ether oxygens (including phenoxy) is 2. The third kappa shape index (κ3) is 5.64. The molecule has 0 N–H and O–H groups in total. The van der Waals surface area contributed by atoms with E-state index in [1.165, 1.54) is 10.7 Å². The summed E-state index contributed by atoms with van der Waals surface area (Å²) >= 11 is 3.76. The van der Waals surface area contributed by atoms with E-state index in [-0.39, 0.29) is 0 Å². The lowest BCUT2D eigenvalue weighted by Crippen LogP contribution is -2.03. The van der Waals surface area contributed by atoms with Gasteiger partial charge in [-0.1, -0.05) is 48.4 Å². The highest BCUT2D eigenvalue weighted by Crippen LogP contribution is 2.42. The topological polar surface area (TPSA) is 18.5 Å². The zero-order valence-corrected chi connectivity index (χ0v) is 17.9. The molecule has 1 aliphatic rings. The minimum atomic E-state index is 0.392. The van der Waals surface area contributed by atoms with Gasteiger partial charge in [0, 0.05) is 5.57 Å². The standard InChI is InChI=1S/C24H24O2S2/c1-3-4-15-26-23(24-27-16-8-17-28-24)22(20-9-6-5-7-10-20)18-19-11-13-21(25-2)14-12-19/h5-7,9-14,18H,8,15-17H2,1-2H3/b22-18+. The van der Waals surface area contributed by atoms with Gasteiger partial charge in [0.2, 0.25) is 0 Å². The van der Waals surface area contributed by atoms with Crippen molar-refractivity contribution >= 4 is 35.2 Å². The Labute approximate surface area is 176 Å². The van der Waals surface area contributed by atoms with Crippen LogP contribution >= 0.6 is 23.5 Å². The van der Waals surface area contributed by atoms with Crippen molar-refractivity contribution in [2.45, 2.75) is 13.3 Å². The SMILES string of the molecule is CC#CCOC(=C1SCCCS1)/C(=C/c1ccc(OC)cc1)c1ccccc1. The van der Waals surface area contributed by atoms with E-state index in [0.29, 0.717) is 6.61 Å². The predicted molar refractivity (Wildman–Crippen MR) is 123 cm³/mol. The van der Waals surface area contributed by atoms with E-state index in [2.05, 4.69) is 54.3 Å². The Morgan fingerprint density at radius 2 is 1.75 bits per heavy atom. The Balaban J connectivity index is 2.08. The van der Waals surface area contributed by atoms with E-state index in [9.17, 15) is 0 Å². The van der Waals surface area contributed by atoms with Crippen LogP contribution in [0.2, 0.25) is 0 Å². The highest BCUT2D eigenvalue weighted by molar-refractivity contribution is 8.22. The molecule has 144 valence electrons. The van der Waals surface area contributed by atoms with Crippen molar-refractivity contribution in [3.05, 3.63) is 75.7 Å². The smallest absolute Gasteiger partial charge is 0.149 e. The van der Waals surface area contributed by atoms with Gasteiger partial charge in [0.1, 0.15) is 18.1 Å². The first-order chi connectivity index (χ1) is 13.8. The van der Waals surface area contributed by atoms with Crippen LogP contribution in [-0.4, -0.2) is 25.2 Å². The molecule has 0 spiro atoms. The molecular formula is C24H24O2S2. The minimum absolute atomic E-state index is 0.392. The van der Waals surface area contributed by atoms with Gasteiger partial charge in [0.25, 0.3) is 0 Å². The van der Waals surface area contributed by atoms with Gasteiger partial charge in [-0.15, -0.1) is 29.4 Å². The average Bonchev–Trinajstić information content (AvgIpc) is 2.77. The quantitative estimate of drug-likeness (QED) is 0.316. The largest absolute Gasteiger partial charge is 0.497 e. The molecule has 1 heterocycles. The van der Waals surface area contributed by atoms with Crippen molar-refractivity contribution in [2.24, 2.45) is 0 Å². The first kappa shape index (κ1) is 20.5. The summed E-state index contributed by atoms with van der Waals surface area (Å²) in [6.45, 7) is 2.23. The third-order valence-electron chi connectivity index (χ3n) is 4.16. The molecule has 1 saturated heterocycles. The molecule has 0 aromatic heterocycles. The second-order valence-corrected chi connectivity index (χ2v) is 8.55. The maximum absolute atomic E-state index is 6.23. The predicted octanol–water partition coefficient (Wildman–Crippen LogP) is 6.31. The van der Waals surface area contributed by atoms with Gasteiger partial charge in [-0.2, -0.15) is 0 Å². The van der Waals surface area contributed by atoms with Crippen LogP contribution in [0.3, 0.4) is 0 Å². The Kier molecular flexibility index (Phi) is 8.02. The molecule has 28 heavy (non-hydrogen) atoms. The van der Waals surface area contributed by atoms with E-state index in [1.54, 1.807) is 7.11 Å². The molecule has 0 atom stereocenters. The lowest BCUT2D eigenvalue weighted by atomic mass is 10.0. The van der Waals surface area contributed by atoms with Gasteiger partial charge >= 0.3 is 0 Å². The molecule has 2 aromatic rings. The molecule has 1 aliphatic heterocycles. The summed E-state index contributed by atoms with van der Waals surface area (Å²) in [7, 11) is 1.68. The third-order valence-corrected chi connectivity index (χ3v) is 6.75. The van der Waals surface area contributed by atoms with Crippen molar-refractivity contribution in [3.8, 4) is 17.6 Å². The zero-order valence-electron chi connectivity index (χ0n) is 16.2. The Bertz CT molecular complexity index is 880. The summed E-state index contributed by atoms with van der Waals surface area (Å²) in [6.07, 6.45) is 3.41. The Morgan fingerprint density at radius 3 is 2.39 bits per heavy atom. The molecule has 0 amide bonds. The lowest BCUT2D eigenvalue weighted by Gasteiger charge is -2.20. The number of hydrogen-bond acceptors (Lipinski definition) is 4. The zero-order chi connectivity index (χ0) is 19.6. The fourth-order valence-electron chi connectivity index (χ4n) is 2.75. The van der Waals surface area contributed by atoms with Gasteiger partial charge in [-0.3, -0.25) is 0 Å². The highest BCUT2D eigenvalue weighted by Gasteiger charge is 2.19. The summed E-state index contributed by atoms with van der Waals surface area (Å²) in [5.41, 5.74) is 3.33. The van der Waals surface area contributed by atoms with Gasteiger partial charge in [0.05, 0.1) is 11.3 Å². The average molecular weight is 409 g/mol. The number of methoxy groups -OCH3 is 1. The van der Waals surface area contributed by atoms with Crippen molar-refractivity contribution in [1.82, 2.24) is 0 Å². The maximum atomic E-state index is 6.23. The first-order valence-electron chi connectivity index (χ1n) is 9.25. The fraction of sp³-hybridized carbons (Fsp3) is 0.250. The van der Waals surface area contributed by atoms with E-state index < -0.39 is 0 Å². The van der Waals surface area contributed by atoms with Crippen molar-refractivity contribution in [1.29, 1.82) is 0 Å². The van der Waals surface area contributed by atoms with Crippen LogP contribution in [0.5, 0.6) is 5.75 Å². The number of benzene rings is 2. The highest BCUT2D eigenvalue weighted by atomic mass is 32.2. The number of allylic oxidation sites excluding steroid dienone is 1. The molecule has 2 aromatic carbocycles. The van der Waals surface area contributed by atoms with E-state index in [0.717, 1.165) is 39.7 Å². The second-order valence-electron chi connectivity index (χ2n) is 6.08. The van der Waals surface area contributed by atoms with Crippen LogP contribution in [-0.2, 0) is 4.74 Å². The Hall–Kier alpha value is -2.22. The van der Waals surface area contributed by atoms with E-state index in [1.807, 2.05) is 48.6 Å². The molecule has 0 bridgehead atoms. The molecule has 0 radical (unpaired) electrons.